The molecule has 0 radical (unpaired) electrons. The van der Waals surface area contributed by atoms with E-state index in [1.54, 1.807) is 0 Å². The van der Waals surface area contributed by atoms with E-state index in [9.17, 15) is 0 Å². The number of fused-ring (bicyclic) bond motifs is 11. The molecule has 0 amide bonds. The van der Waals surface area contributed by atoms with Crippen LogP contribution in [0.4, 0.5) is 0 Å². The molecule has 4 aromatic heterocycles. The highest BCUT2D eigenvalue weighted by molar-refractivity contribution is 6.31. The molecule has 0 aliphatic heterocycles. The van der Waals surface area contributed by atoms with E-state index < -0.39 is 0 Å². The SMILES string of the molecule is c1ccc(-c2ccc(-c3nc(-c4ccccc4)nc(-c4cc(-c5ccccc5)c(-n5c6ccccc6c6c5ccc5c7ccc8c(c9ccccc9n8-c8ccccc8)c7n(-c7ccccc7)c56)c(-c5ccccc5)c4)n3)cc2)cc1. The van der Waals surface area contributed by atoms with E-state index in [1.807, 2.05) is 24.3 Å². The number of benzene rings is 12. The molecule has 0 atom stereocenters. The summed E-state index contributed by atoms with van der Waals surface area (Å²) in [5, 5.41) is 7.17. The van der Waals surface area contributed by atoms with Crippen molar-refractivity contribution >= 4 is 65.4 Å². The molecule has 16 aromatic rings. The van der Waals surface area contributed by atoms with Gasteiger partial charge in [0, 0.05) is 71.5 Å². The zero-order valence-corrected chi connectivity index (χ0v) is 43.9. The second kappa shape index (κ2) is 18.9. The van der Waals surface area contributed by atoms with Gasteiger partial charge in [0.05, 0.1) is 38.8 Å². The lowest BCUT2D eigenvalue weighted by Crippen LogP contribution is -2.04. The maximum absolute atomic E-state index is 5.38. The molecule has 0 bridgehead atoms. The Morgan fingerprint density at radius 3 is 1.06 bits per heavy atom. The van der Waals surface area contributed by atoms with Crippen molar-refractivity contribution in [2.75, 3.05) is 0 Å². The minimum atomic E-state index is 0.586. The van der Waals surface area contributed by atoms with Gasteiger partial charge in [-0.15, -0.1) is 0 Å². The van der Waals surface area contributed by atoms with Gasteiger partial charge in [0.1, 0.15) is 0 Å². The summed E-state index contributed by atoms with van der Waals surface area (Å²) >= 11 is 0. The van der Waals surface area contributed by atoms with Crippen LogP contribution < -0.4 is 0 Å². The second-order valence-corrected chi connectivity index (χ2v) is 20.7. The Labute approximate surface area is 467 Å². The Kier molecular flexibility index (Phi) is 10.8. The maximum atomic E-state index is 5.38. The van der Waals surface area contributed by atoms with E-state index in [2.05, 4.69) is 281 Å². The fourth-order valence-electron chi connectivity index (χ4n) is 12.5. The fourth-order valence-corrected chi connectivity index (χ4v) is 12.5. The van der Waals surface area contributed by atoms with E-state index in [1.165, 1.54) is 38.0 Å². The molecule has 0 unspecified atom stereocenters. The normalized spacial score (nSPS) is 11.7. The molecule has 6 heteroatoms. The van der Waals surface area contributed by atoms with Gasteiger partial charge in [0.15, 0.2) is 17.5 Å². The largest absolute Gasteiger partial charge is 0.309 e. The van der Waals surface area contributed by atoms with E-state index in [0.29, 0.717) is 17.5 Å². The smallest absolute Gasteiger partial charge is 0.164 e. The molecule has 0 saturated carbocycles. The molecule has 378 valence electrons. The number of para-hydroxylation sites is 4. The number of hydrogen-bond acceptors (Lipinski definition) is 3. The van der Waals surface area contributed by atoms with Crippen LogP contribution in [-0.2, 0) is 0 Å². The average molecular weight is 1030 g/mol. The Hall–Kier alpha value is -11.0. The van der Waals surface area contributed by atoms with Crippen LogP contribution in [0, 0.1) is 0 Å². The van der Waals surface area contributed by atoms with E-state index in [0.717, 1.165) is 94.6 Å². The van der Waals surface area contributed by atoms with Gasteiger partial charge in [-0.3, -0.25) is 0 Å². The fraction of sp³-hybridized carbons (Fsp3) is 0. The first kappa shape index (κ1) is 46.2. The van der Waals surface area contributed by atoms with Crippen LogP contribution in [0.15, 0.2) is 291 Å². The molecular formula is C75H48N6. The summed E-state index contributed by atoms with van der Waals surface area (Å²) in [4.78, 5) is 15.9. The third-order valence-electron chi connectivity index (χ3n) is 16.1. The lowest BCUT2D eigenvalue weighted by molar-refractivity contribution is 1.07. The standard InChI is InChI=1S/C75H48N6/c1-7-23-49(24-8-1)50-39-41-54(42-40-50)74-76-73(53-29-13-4-14-30-53)77-75(78-74)55-47-62(51-25-9-2-10-26-51)70(63(48-55)52-27-11-3-12-28-52)81-65-38-22-20-36-61(65)69-67(81)46-44-59-58-43-45-66-68(71(58)80(72(59)69)57-33-17-6-18-34-57)60-35-19-21-37-64(60)79(66)56-31-15-5-16-32-56/h1-48H. The molecule has 0 spiro atoms. The third-order valence-corrected chi connectivity index (χ3v) is 16.1. The van der Waals surface area contributed by atoms with Gasteiger partial charge in [-0.2, -0.15) is 0 Å². The summed E-state index contributed by atoms with van der Waals surface area (Å²) in [5.41, 5.74) is 19.4. The topological polar surface area (TPSA) is 53.5 Å². The van der Waals surface area contributed by atoms with Gasteiger partial charge >= 0.3 is 0 Å². The van der Waals surface area contributed by atoms with Crippen molar-refractivity contribution < 1.29 is 0 Å². The molecule has 0 fully saturated rings. The summed E-state index contributed by atoms with van der Waals surface area (Å²) in [6, 6.07) is 104. The summed E-state index contributed by atoms with van der Waals surface area (Å²) in [7, 11) is 0. The first-order valence-corrected chi connectivity index (χ1v) is 27.5. The molecule has 0 N–H and O–H groups in total. The zero-order valence-electron chi connectivity index (χ0n) is 43.9. The van der Waals surface area contributed by atoms with Crippen LogP contribution in [0.25, 0.3) is 150 Å². The molecule has 81 heavy (non-hydrogen) atoms. The predicted octanol–water partition coefficient (Wildman–Crippen LogP) is 19.2. The Morgan fingerprint density at radius 1 is 0.222 bits per heavy atom. The minimum absolute atomic E-state index is 0.586. The van der Waals surface area contributed by atoms with Crippen LogP contribution >= 0.6 is 0 Å². The lowest BCUT2D eigenvalue weighted by atomic mass is 9.92. The number of rotatable bonds is 9. The van der Waals surface area contributed by atoms with Crippen molar-refractivity contribution in [3.63, 3.8) is 0 Å². The Bertz CT molecular complexity index is 4990. The first-order valence-electron chi connectivity index (χ1n) is 27.5. The van der Waals surface area contributed by atoms with Gasteiger partial charge in [0.25, 0.3) is 0 Å². The monoisotopic (exact) mass is 1030 g/mol. The van der Waals surface area contributed by atoms with Crippen molar-refractivity contribution in [3.8, 4) is 84.6 Å². The molecule has 0 saturated heterocycles. The highest BCUT2D eigenvalue weighted by Gasteiger charge is 2.28. The molecule has 4 heterocycles. The highest BCUT2D eigenvalue weighted by Crippen LogP contribution is 2.49. The van der Waals surface area contributed by atoms with Gasteiger partial charge in [-0.05, 0) is 82.9 Å². The second-order valence-electron chi connectivity index (χ2n) is 20.7. The minimum Gasteiger partial charge on any atom is -0.309 e. The predicted molar refractivity (Wildman–Crippen MR) is 335 cm³/mol. The number of hydrogen-bond donors (Lipinski definition) is 0. The Morgan fingerprint density at radius 2 is 0.568 bits per heavy atom. The number of aromatic nitrogens is 6. The Balaban J connectivity index is 1.00. The highest BCUT2D eigenvalue weighted by atomic mass is 15.1. The van der Waals surface area contributed by atoms with Crippen molar-refractivity contribution in [2.24, 2.45) is 0 Å². The zero-order chi connectivity index (χ0) is 53.4. The van der Waals surface area contributed by atoms with E-state index in [4.69, 9.17) is 15.0 Å². The van der Waals surface area contributed by atoms with E-state index in [-0.39, 0.29) is 0 Å². The summed E-state index contributed by atoms with van der Waals surface area (Å²) in [6.07, 6.45) is 0. The molecular weight excluding hydrogens is 985 g/mol. The summed E-state index contributed by atoms with van der Waals surface area (Å²) in [6.45, 7) is 0. The molecule has 0 aliphatic rings. The van der Waals surface area contributed by atoms with Crippen molar-refractivity contribution in [2.45, 2.75) is 0 Å². The third kappa shape index (κ3) is 7.53. The molecule has 6 nitrogen and oxygen atoms in total. The lowest BCUT2D eigenvalue weighted by Gasteiger charge is -2.21. The van der Waals surface area contributed by atoms with Crippen LogP contribution in [0.2, 0.25) is 0 Å². The van der Waals surface area contributed by atoms with Crippen LogP contribution in [-0.4, -0.2) is 28.7 Å². The van der Waals surface area contributed by atoms with Gasteiger partial charge in [0.2, 0.25) is 0 Å². The molecule has 0 aliphatic carbocycles. The average Bonchev–Trinajstić information content (AvgIpc) is 2.26. The van der Waals surface area contributed by atoms with Crippen LogP contribution in [0.1, 0.15) is 0 Å². The van der Waals surface area contributed by atoms with Crippen molar-refractivity contribution in [3.05, 3.63) is 291 Å². The van der Waals surface area contributed by atoms with Gasteiger partial charge < -0.3 is 13.7 Å². The summed E-state index contributed by atoms with van der Waals surface area (Å²) in [5.74, 6) is 1.80. The van der Waals surface area contributed by atoms with Crippen LogP contribution in [0.3, 0.4) is 0 Å². The van der Waals surface area contributed by atoms with Crippen LogP contribution in [0.5, 0.6) is 0 Å². The quantitative estimate of drug-likeness (QED) is 0.145. The van der Waals surface area contributed by atoms with Gasteiger partial charge in [-0.1, -0.05) is 231 Å². The summed E-state index contributed by atoms with van der Waals surface area (Å²) < 4.78 is 7.48. The molecule has 12 aromatic carbocycles. The van der Waals surface area contributed by atoms with Crippen molar-refractivity contribution in [1.82, 2.24) is 28.7 Å². The number of nitrogens with zero attached hydrogens (tertiary/aromatic N) is 6. The van der Waals surface area contributed by atoms with E-state index >= 15 is 0 Å². The maximum Gasteiger partial charge on any atom is 0.164 e. The first-order chi connectivity index (χ1) is 40.2. The molecule has 16 rings (SSSR count). The van der Waals surface area contributed by atoms with Gasteiger partial charge in [-0.25, -0.2) is 15.0 Å². The van der Waals surface area contributed by atoms with Crippen molar-refractivity contribution in [1.29, 1.82) is 0 Å².